The molecule has 4 heterocycles. The van der Waals surface area contributed by atoms with Gasteiger partial charge >= 0.3 is 12.1 Å². The van der Waals surface area contributed by atoms with Gasteiger partial charge in [0, 0.05) is 26.0 Å². The second-order valence-corrected chi connectivity index (χ2v) is 12.3. The Morgan fingerprint density at radius 3 is 2.42 bits per heavy atom. The standard InChI is InChI=1S/C28H23N3O4S3/c1-15-24(30-27(34)35-16(2)17-6-4-3-5-7-17)25(38-31-15)22-13-21-20(37-22)12-19(36-21)18-8-9-23(29-14-18)28(10-11-28)26(32)33/h3-9,12-14,16H,10-11H2,1-2H3,(H,30,34)(H,32,33). The van der Waals surface area contributed by atoms with Crippen molar-refractivity contribution >= 4 is 61.4 Å². The van der Waals surface area contributed by atoms with Crippen LogP contribution in [0.1, 0.15) is 42.8 Å². The Morgan fingerprint density at radius 2 is 1.76 bits per heavy atom. The minimum Gasteiger partial charge on any atom is -0.481 e. The molecule has 1 atom stereocenters. The highest BCUT2D eigenvalue weighted by molar-refractivity contribution is 7.32. The first-order valence-electron chi connectivity index (χ1n) is 12.1. The average molecular weight is 562 g/mol. The third-order valence-electron chi connectivity index (χ3n) is 6.77. The van der Waals surface area contributed by atoms with Crippen molar-refractivity contribution in [1.82, 2.24) is 9.36 Å². The van der Waals surface area contributed by atoms with Gasteiger partial charge in [0.25, 0.3) is 0 Å². The lowest BCUT2D eigenvalue weighted by atomic mass is 10.0. The lowest BCUT2D eigenvalue weighted by Crippen LogP contribution is -2.20. The van der Waals surface area contributed by atoms with Crippen LogP contribution in [0.4, 0.5) is 10.5 Å². The molecule has 38 heavy (non-hydrogen) atoms. The summed E-state index contributed by atoms with van der Waals surface area (Å²) in [5.41, 5.74) is 3.14. The van der Waals surface area contributed by atoms with E-state index in [0.717, 1.165) is 40.9 Å². The van der Waals surface area contributed by atoms with Gasteiger partial charge in [-0.1, -0.05) is 36.4 Å². The maximum absolute atomic E-state index is 12.7. The summed E-state index contributed by atoms with van der Waals surface area (Å²) in [6.07, 6.45) is 2.16. The van der Waals surface area contributed by atoms with Gasteiger partial charge in [-0.15, -0.1) is 22.7 Å². The van der Waals surface area contributed by atoms with E-state index in [-0.39, 0.29) is 6.10 Å². The lowest BCUT2D eigenvalue weighted by Gasteiger charge is -2.14. The summed E-state index contributed by atoms with van der Waals surface area (Å²) in [6.45, 7) is 3.72. The second kappa shape index (κ2) is 9.61. The number of fused-ring (bicyclic) bond motifs is 1. The summed E-state index contributed by atoms with van der Waals surface area (Å²) >= 11 is 4.66. The summed E-state index contributed by atoms with van der Waals surface area (Å²) in [5, 5.41) is 12.4. The number of carbonyl (C=O) groups is 2. The van der Waals surface area contributed by atoms with Gasteiger partial charge < -0.3 is 9.84 Å². The van der Waals surface area contributed by atoms with Crippen molar-refractivity contribution in [2.45, 2.75) is 38.2 Å². The number of ether oxygens (including phenoxy) is 1. The molecule has 1 aromatic carbocycles. The van der Waals surface area contributed by atoms with Crippen LogP contribution in [0.2, 0.25) is 0 Å². The molecule has 1 fully saturated rings. The van der Waals surface area contributed by atoms with Crippen molar-refractivity contribution in [2.24, 2.45) is 0 Å². The fraction of sp³-hybridized carbons (Fsp3) is 0.214. The number of rotatable bonds is 7. The number of carboxylic acids is 1. The van der Waals surface area contributed by atoms with E-state index in [1.165, 1.54) is 11.5 Å². The van der Waals surface area contributed by atoms with Crippen molar-refractivity contribution in [3.8, 4) is 20.2 Å². The molecule has 1 aliphatic carbocycles. The lowest BCUT2D eigenvalue weighted by molar-refractivity contribution is -0.140. The first-order chi connectivity index (χ1) is 18.3. The number of aryl methyl sites for hydroxylation is 1. The Balaban J connectivity index is 1.20. The van der Waals surface area contributed by atoms with E-state index in [0.29, 0.717) is 24.2 Å². The second-order valence-electron chi connectivity index (χ2n) is 9.32. The molecule has 1 unspecified atom stereocenters. The van der Waals surface area contributed by atoms with Crippen molar-refractivity contribution in [3.63, 3.8) is 0 Å². The van der Waals surface area contributed by atoms with E-state index in [9.17, 15) is 14.7 Å². The third kappa shape index (κ3) is 4.48. The predicted molar refractivity (Wildman–Crippen MR) is 152 cm³/mol. The Morgan fingerprint density at radius 1 is 1.05 bits per heavy atom. The van der Waals surface area contributed by atoms with E-state index >= 15 is 0 Å². The van der Waals surface area contributed by atoms with E-state index < -0.39 is 17.5 Å². The number of thiophene rings is 2. The minimum absolute atomic E-state index is 0.375. The van der Waals surface area contributed by atoms with Crippen molar-refractivity contribution in [1.29, 1.82) is 0 Å². The minimum atomic E-state index is -0.798. The van der Waals surface area contributed by atoms with Crippen LogP contribution in [-0.4, -0.2) is 26.5 Å². The van der Waals surface area contributed by atoms with Gasteiger partial charge in [0.2, 0.25) is 0 Å². The molecule has 0 aliphatic heterocycles. The first kappa shape index (κ1) is 24.7. The molecule has 2 N–H and O–H groups in total. The van der Waals surface area contributed by atoms with E-state index in [1.54, 1.807) is 28.9 Å². The SMILES string of the molecule is Cc1nsc(-c2cc3sc(-c4ccc(C5(C(=O)O)CC5)nc4)cc3s2)c1NC(=O)OC(C)c1ccccc1. The maximum atomic E-state index is 12.7. The number of aliphatic carboxylic acids is 1. The number of nitrogens with one attached hydrogen (secondary N) is 1. The Kier molecular flexibility index (Phi) is 6.25. The molecule has 5 aromatic rings. The zero-order valence-corrected chi connectivity index (χ0v) is 23.0. The fourth-order valence-corrected chi connectivity index (χ4v) is 7.71. The van der Waals surface area contributed by atoms with Crippen LogP contribution in [0, 0.1) is 6.92 Å². The first-order valence-corrected chi connectivity index (χ1v) is 14.5. The number of aromatic nitrogens is 2. The number of carboxylic acid groups (broad SMARTS) is 1. The molecule has 0 saturated heterocycles. The van der Waals surface area contributed by atoms with E-state index in [1.807, 2.05) is 56.3 Å². The highest BCUT2D eigenvalue weighted by Crippen LogP contribution is 2.48. The van der Waals surface area contributed by atoms with Gasteiger partial charge in [0.15, 0.2) is 0 Å². The van der Waals surface area contributed by atoms with Gasteiger partial charge in [-0.3, -0.25) is 15.1 Å². The van der Waals surface area contributed by atoms with Crippen LogP contribution in [0.5, 0.6) is 0 Å². The van der Waals surface area contributed by atoms with Crippen molar-refractivity contribution in [3.05, 3.63) is 77.7 Å². The fourth-order valence-electron chi connectivity index (χ4n) is 4.39. The number of hydrogen-bond donors (Lipinski definition) is 2. The molecule has 1 aliphatic rings. The normalized spacial score (nSPS) is 14.8. The number of benzene rings is 1. The highest BCUT2D eigenvalue weighted by Gasteiger charge is 2.53. The van der Waals surface area contributed by atoms with Crippen LogP contribution in [0.25, 0.3) is 29.6 Å². The van der Waals surface area contributed by atoms with Gasteiger partial charge in [-0.2, -0.15) is 4.37 Å². The largest absolute Gasteiger partial charge is 0.481 e. The van der Waals surface area contributed by atoms with Gasteiger partial charge in [0.1, 0.15) is 11.5 Å². The van der Waals surface area contributed by atoms with Crippen molar-refractivity contribution < 1.29 is 19.4 Å². The molecule has 192 valence electrons. The predicted octanol–water partition coefficient (Wildman–Crippen LogP) is 7.88. The number of amides is 1. The molecule has 0 radical (unpaired) electrons. The van der Waals surface area contributed by atoms with Crippen LogP contribution >= 0.6 is 34.2 Å². The summed E-state index contributed by atoms with van der Waals surface area (Å²) in [7, 11) is 0. The zero-order valence-electron chi connectivity index (χ0n) is 20.6. The number of hydrogen-bond acceptors (Lipinski definition) is 8. The van der Waals surface area contributed by atoms with Gasteiger partial charge in [-0.25, -0.2) is 4.79 Å². The van der Waals surface area contributed by atoms with Crippen LogP contribution < -0.4 is 5.32 Å². The van der Waals surface area contributed by atoms with E-state index in [2.05, 4.69) is 26.8 Å². The van der Waals surface area contributed by atoms with Crippen molar-refractivity contribution in [2.75, 3.05) is 5.32 Å². The maximum Gasteiger partial charge on any atom is 0.412 e. The number of carbonyl (C=O) groups excluding carboxylic acids is 1. The topological polar surface area (TPSA) is 101 Å². The zero-order chi connectivity index (χ0) is 26.4. The number of pyridine rings is 1. The van der Waals surface area contributed by atoms with Gasteiger partial charge in [-0.05, 0) is 62.0 Å². The molecule has 1 saturated carbocycles. The highest BCUT2D eigenvalue weighted by atomic mass is 32.1. The third-order valence-corrected chi connectivity index (χ3v) is 10.2. The molecule has 10 heteroatoms. The smallest absolute Gasteiger partial charge is 0.412 e. The van der Waals surface area contributed by atoms with E-state index in [4.69, 9.17) is 4.74 Å². The Bertz CT molecular complexity index is 1620. The molecular formula is C28H23N3O4S3. The summed E-state index contributed by atoms with van der Waals surface area (Å²) < 4.78 is 12.3. The Labute approximate surface area is 230 Å². The van der Waals surface area contributed by atoms with Crippen LogP contribution in [0.3, 0.4) is 0 Å². The molecule has 4 aromatic heterocycles. The summed E-state index contributed by atoms with van der Waals surface area (Å²) in [5.74, 6) is -0.798. The molecule has 0 bridgehead atoms. The average Bonchev–Trinajstić information content (AvgIpc) is 3.34. The molecule has 0 spiro atoms. The van der Waals surface area contributed by atoms with Crippen LogP contribution in [0.15, 0.2) is 60.8 Å². The molecule has 1 amide bonds. The molecule has 7 nitrogen and oxygen atoms in total. The summed E-state index contributed by atoms with van der Waals surface area (Å²) in [6, 6.07) is 17.7. The van der Waals surface area contributed by atoms with Crippen LogP contribution in [-0.2, 0) is 14.9 Å². The van der Waals surface area contributed by atoms with Gasteiger partial charge in [0.05, 0.1) is 26.8 Å². The summed E-state index contributed by atoms with van der Waals surface area (Å²) in [4.78, 5) is 31.8. The molecule has 6 rings (SSSR count). The quantitative estimate of drug-likeness (QED) is 0.210. The Hall–Kier alpha value is -3.60. The monoisotopic (exact) mass is 561 g/mol. The number of anilines is 1. The molecular weight excluding hydrogens is 539 g/mol. The number of nitrogens with zero attached hydrogens (tertiary/aromatic N) is 2.